The average Bonchev–Trinajstić information content (AvgIpc) is 3.20. The zero-order valence-corrected chi connectivity index (χ0v) is 16.4. The minimum atomic E-state index is -0.317. The Morgan fingerprint density at radius 3 is 2.96 bits per heavy atom. The highest BCUT2D eigenvalue weighted by molar-refractivity contribution is 5.66. The van der Waals surface area contributed by atoms with Crippen molar-refractivity contribution < 1.29 is 9.13 Å². The molecule has 0 radical (unpaired) electrons. The molecule has 0 spiro atoms. The first-order valence-electron chi connectivity index (χ1n) is 9.79. The number of H-pyrrole nitrogens is 1. The predicted molar refractivity (Wildman–Crippen MR) is 109 cm³/mol. The molecule has 0 bridgehead atoms. The Kier molecular flexibility index (Phi) is 5.44. The number of aromatic nitrogens is 2. The van der Waals surface area contributed by atoms with Gasteiger partial charge in [-0.3, -0.25) is 10.00 Å². The number of methoxy groups -OCH3 is 1. The second kappa shape index (κ2) is 8.15. The van der Waals surface area contributed by atoms with Crippen LogP contribution in [0.5, 0.6) is 5.75 Å². The van der Waals surface area contributed by atoms with Crippen LogP contribution in [0.4, 0.5) is 4.39 Å². The first kappa shape index (κ1) is 18.7. The standard InChI is InChI=1S/C23H26FN3O/c1-16-5-3-6-18(11-16)20-13-25-26-23(20)19-7-4-10-27(15-19)14-17-8-9-21(24)22(12-17)28-2/h3,5-6,8-9,11-13,19H,4,7,10,14-15H2,1-2H3,(H,25,26). The molecular formula is C23H26FN3O. The van der Waals surface area contributed by atoms with E-state index in [1.165, 1.54) is 35.6 Å². The molecule has 4 nitrogen and oxygen atoms in total. The number of nitrogens with one attached hydrogen (secondary N) is 1. The lowest BCUT2D eigenvalue weighted by Gasteiger charge is -2.32. The van der Waals surface area contributed by atoms with Gasteiger partial charge in [-0.15, -0.1) is 0 Å². The summed E-state index contributed by atoms with van der Waals surface area (Å²) < 4.78 is 18.8. The Morgan fingerprint density at radius 2 is 2.14 bits per heavy atom. The van der Waals surface area contributed by atoms with Crippen LogP contribution in [0.3, 0.4) is 0 Å². The maximum atomic E-state index is 13.7. The van der Waals surface area contributed by atoms with E-state index < -0.39 is 0 Å². The fourth-order valence-corrected chi connectivity index (χ4v) is 4.15. The first-order chi connectivity index (χ1) is 13.6. The van der Waals surface area contributed by atoms with Gasteiger partial charge in [0.1, 0.15) is 0 Å². The summed E-state index contributed by atoms with van der Waals surface area (Å²) in [6, 6.07) is 13.7. The van der Waals surface area contributed by atoms with E-state index in [-0.39, 0.29) is 5.82 Å². The second-order valence-electron chi connectivity index (χ2n) is 7.61. The molecule has 1 aromatic heterocycles. The molecule has 1 fully saturated rings. The molecule has 5 heteroatoms. The second-order valence-corrected chi connectivity index (χ2v) is 7.61. The van der Waals surface area contributed by atoms with Crippen LogP contribution in [0.25, 0.3) is 11.1 Å². The topological polar surface area (TPSA) is 41.1 Å². The molecule has 2 aromatic carbocycles. The van der Waals surface area contributed by atoms with E-state index in [9.17, 15) is 4.39 Å². The molecule has 1 N–H and O–H groups in total. The molecule has 4 rings (SSSR count). The van der Waals surface area contributed by atoms with Crippen molar-refractivity contribution in [3.63, 3.8) is 0 Å². The number of hydrogen-bond donors (Lipinski definition) is 1. The third-order valence-electron chi connectivity index (χ3n) is 5.53. The molecule has 0 saturated carbocycles. The van der Waals surface area contributed by atoms with Crippen LogP contribution in [0.1, 0.15) is 35.6 Å². The van der Waals surface area contributed by atoms with Crippen LogP contribution in [0.2, 0.25) is 0 Å². The maximum Gasteiger partial charge on any atom is 0.165 e. The van der Waals surface area contributed by atoms with Crippen molar-refractivity contribution in [2.75, 3.05) is 20.2 Å². The van der Waals surface area contributed by atoms with Crippen LogP contribution in [0, 0.1) is 12.7 Å². The summed E-state index contributed by atoms with van der Waals surface area (Å²) in [4.78, 5) is 2.43. The molecule has 1 saturated heterocycles. The summed E-state index contributed by atoms with van der Waals surface area (Å²) >= 11 is 0. The van der Waals surface area contributed by atoms with Gasteiger partial charge in [-0.05, 0) is 49.6 Å². The number of piperidine rings is 1. The Bertz CT molecular complexity index is 953. The fraction of sp³-hybridized carbons (Fsp3) is 0.348. The van der Waals surface area contributed by atoms with Crippen molar-refractivity contribution in [2.45, 2.75) is 32.2 Å². The minimum absolute atomic E-state index is 0.307. The van der Waals surface area contributed by atoms with Gasteiger partial charge >= 0.3 is 0 Å². The molecule has 0 amide bonds. The normalized spacial score (nSPS) is 17.6. The van der Waals surface area contributed by atoms with Crippen LogP contribution in [-0.2, 0) is 6.54 Å². The van der Waals surface area contributed by atoms with E-state index in [2.05, 4.69) is 46.3 Å². The number of hydrogen-bond acceptors (Lipinski definition) is 3. The van der Waals surface area contributed by atoms with Crippen molar-refractivity contribution in [1.29, 1.82) is 0 Å². The Morgan fingerprint density at radius 1 is 1.25 bits per heavy atom. The zero-order chi connectivity index (χ0) is 19.5. The van der Waals surface area contributed by atoms with Gasteiger partial charge in [-0.1, -0.05) is 35.9 Å². The molecule has 3 aromatic rings. The van der Waals surface area contributed by atoms with Crippen molar-refractivity contribution >= 4 is 0 Å². The molecule has 1 aliphatic rings. The van der Waals surface area contributed by atoms with Crippen molar-refractivity contribution in [1.82, 2.24) is 15.1 Å². The van der Waals surface area contributed by atoms with Crippen LogP contribution in [-0.4, -0.2) is 35.3 Å². The van der Waals surface area contributed by atoms with Gasteiger partial charge in [0.2, 0.25) is 0 Å². The molecule has 1 atom stereocenters. The SMILES string of the molecule is COc1cc(CN2CCCC(c3[nH]ncc3-c3cccc(C)c3)C2)ccc1F. The number of aromatic amines is 1. The third kappa shape index (κ3) is 3.94. The van der Waals surface area contributed by atoms with E-state index in [0.717, 1.165) is 38.0 Å². The highest BCUT2D eigenvalue weighted by Gasteiger charge is 2.25. The van der Waals surface area contributed by atoms with E-state index >= 15 is 0 Å². The monoisotopic (exact) mass is 379 g/mol. The molecule has 146 valence electrons. The zero-order valence-electron chi connectivity index (χ0n) is 16.4. The molecule has 0 aliphatic carbocycles. The predicted octanol–water partition coefficient (Wildman–Crippen LogP) is 4.91. The van der Waals surface area contributed by atoms with Gasteiger partial charge in [0, 0.05) is 30.3 Å². The number of halogens is 1. The van der Waals surface area contributed by atoms with Crippen molar-refractivity contribution in [3.05, 3.63) is 71.3 Å². The lowest BCUT2D eigenvalue weighted by atomic mass is 9.90. The van der Waals surface area contributed by atoms with E-state index in [0.29, 0.717) is 11.7 Å². The van der Waals surface area contributed by atoms with Crippen LogP contribution >= 0.6 is 0 Å². The molecule has 1 unspecified atom stereocenters. The lowest BCUT2D eigenvalue weighted by molar-refractivity contribution is 0.198. The summed E-state index contributed by atoms with van der Waals surface area (Å²) in [5.41, 5.74) is 5.94. The Labute approximate surface area is 165 Å². The largest absolute Gasteiger partial charge is 0.494 e. The Balaban J connectivity index is 1.51. The highest BCUT2D eigenvalue weighted by Crippen LogP contribution is 2.34. The number of aryl methyl sites for hydroxylation is 1. The van der Waals surface area contributed by atoms with Gasteiger partial charge in [-0.2, -0.15) is 5.10 Å². The van der Waals surface area contributed by atoms with Gasteiger partial charge in [-0.25, -0.2) is 4.39 Å². The van der Waals surface area contributed by atoms with Crippen molar-refractivity contribution in [2.24, 2.45) is 0 Å². The summed E-state index contributed by atoms with van der Waals surface area (Å²) in [6.07, 6.45) is 4.22. The number of benzene rings is 2. The van der Waals surface area contributed by atoms with Gasteiger partial charge in [0.25, 0.3) is 0 Å². The molecule has 2 heterocycles. The number of likely N-dealkylation sites (tertiary alicyclic amines) is 1. The number of nitrogens with zero attached hydrogens (tertiary/aromatic N) is 2. The molecule has 28 heavy (non-hydrogen) atoms. The van der Waals surface area contributed by atoms with Crippen molar-refractivity contribution in [3.8, 4) is 16.9 Å². The number of rotatable bonds is 5. The lowest BCUT2D eigenvalue weighted by Crippen LogP contribution is -2.34. The van der Waals surface area contributed by atoms with E-state index in [4.69, 9.17) is 4.74 Å². The van der Waals surface area contributed by atoms with Gasteiger partial charge < -0.3 is 4.74 Å². The average molecular weight is 379 g/mol. The third-order valence-corrected chi connectivity index (χ3v) is 5.53. The summed E-state index contributed by atoms with van der Waals surface area (Å²) in [5, 5.41) is 7.60. The summed E-state index contributed by atoms with van der Waals surface area (Å²) in [6.45, 7) is 4.91. The van der Waals surface area contributed by atoms with E-state index in [1.807, 2.05) is 12.3 Å². The maximum absolute atomic E-state index is 13.7. The smallest absolute Gasteiger partial charge is 0.165 e. The highest BCUT2D eigenvalue weighted by atomic mass is 19.1. The summed E-state index contributed by atoms with van der Waals surface area (Å²) in [7, 11) is 1.50. The first-order valence-corrected chi connectivity index (χ1v) is 9.79. The quantitative estimate of drug-likeness (QED) is 0.685. The summed E-state index contributed by atoms with van der Waals surface area (Å²) in [5.74, 6) is 0.401. The molecule has 1 aliphatic heterocycles. The molecular weight excluding hydrogens is 353 g/mol. The number of ether oxygens (including phenoxy) is 1. The van der Waals surface area contributed by atoms with Gasteiger partial charge in [0.05, 0.1) is 13.3 Å². The van der Waals surface area contributed by atoms with Crippen LogP contribution in [0.15, 0.2) is 48.7 Å². The van der Waals surface area contributed by atoms with Gasteiger partial charge in [0.15, 0.2) is 11.6 Å². The Hall–Kier alpha value is -2.66. The van der Waals surface area contributed by atoms with Crippen LogP contribution < -0.4 is 4.74 Å². The fourth-order valence-electron chi connectivity index (χ4n) is 4.15. The van der Waals surface area contributed by atoms with E-state index in [1.54, 1.807) is 6.07 Å². The minimum Gasteiger partial charge on any atom is -0.494 e.